The van der Waals surface area contributed by atoms with Crippen molar-refractivity contribution in [2.45, 2.75) is 6.92 Å². The second-order valence-electron chi connectivity index (χ2n) is 2.65. The van der Waals surface area contributed by atoms with Crippen molar-refractivity contribution < 1.29 is 4.39 Å². The van der Waals surface area contributed by atoms with E-state index in [1.165, 1.54) is 12.3 Å². The second kappa shape index (κ2) is 2.52. The summed E-state index contributed by atoms with van der Waals surface area (Å²) in [6, 6.07) is 5.09. The van der Waals surface area contributed by atoms with Gasteiger partial charge >= 0.3 is 0 Å². The SMILES string of the molecule is Cc1ccc2cnc(F)cc2n1. The minimum atomic E-state index is -0.486. The van der Waals surface area contributed by atoms with E-state index in [-0.39, 0.29) is 0 Å². The summed E-state index contributed by atoms with van der Waals surface area (Å²) in [6.07, 6.45) is 1.48. The zero-order chi connectivity index (χ0) is 8.55. The van der Waals surface area contributed by atoms with Crippen LogP contribution in [0.1, 0.15) is 5.69 Å². The molecule has 0 aliphatic carbocycles. The number of aromatic nitrogens is 2. The van der Waals surface area contributed by atoms with Crippen LogP contribution in [0, 0.1) is 12.9 Å². The number of pyridine rings is 2. The van der Waals surface area contributed by atoms with Crippen molar-refractivity contribution in [3.05, 3.63) is 36.0 Å². The molecule has 2 heterocycles. The predicted octanol–water partition coefficient (Wildman–Crippen LogP) is 2.08. The van der Waals surface area contributed by atoms with Crippen LogP contribution in [0.5, 0.6) is 0 Å². The summed E-state index contributed by atoms with van der Waals surface area (Å²) in [5.74, 6) is -0.486. The molecule has 0 spiro atoms. The molecule has 12 heavy (non-hydrogen) atoms. The van der Waals surface area contributed by atoms with Gasteiger partial charge in [-0.2, -0.15) is 4.39 Å². The van der Waals surface area contributed by atoms with Gasteiger partial charge in [0.15, 0.2) is 0 Å². The molecule has 0 radical (unpaired) electrons. The Morgan fingerprint density at radius 3 is 3.00 bits per heavy atom. The third kappa shape index (κ3) is 1.13. The average molecular weight is 162 g/mol. The fraction of sp³-hybridized carbons (Fsp3) is 0.111. The summed E-state index contributed by atoms with van der Waals surface area (Å²) < 4.78 is 12.6. The molecular formula is C9H7FN2. The summed E-state index contributed by atoms with van der Waals surface area (Å²) in [6.45, 7) is 1.87. The Morgan fingerprint density at radius 2 is 2.17 bits per heavy atom. The number of halogens is 1. The standard InChI is InChI=1S/C9H7FN2/c1-6-2-3-7-5-11-9(10)4-8(7)12-6/h2-5H,1H3. The highest BCUT2D eigenvalue weighted by Gasteiger charge is 1.97. The fourth-order valence-corrected chi connectivity index (χ4v) is 1.09. The first-order valence-corrected chi connectivity index (χ1v) is 3.64. The third-order valence-electron chi connectivity index (χ3n) is 1.68. The normalized spacial score (nSPS) is 10.5. The highest BCUT2D eigenvalue weighted by Crippen LogP contribution is 2.11. The van der Waals surface area contributed by atoms with Crippen LogP contribution >= 0.6 is 0 Å². The summed E-state index contributed by atoms with van der Waals surface area (Å²) in [5, 5.41) is 0.863. The lowest BCUT2D eigenvalue weighted by molar-refractivity contribution is 0.586. The molecule has 0 saturated carbocycles. The molecule has 2 aromatic rings. The lowest BCUT2D eigenvalue weighted by Gasteiger charge is -1.96. The zero-order valence-electron chi connectivity index (χ0n) is 6.58. The van der Waals surface area contributed by atoms with Gasteiger partial charge in [0, 0.05) is 23.3 Å². The molecule has 2 nitrogen and oxygen atoms in total. The summed E-state index contributed by atoms with van der Waals surface area (Å²) >= 11 is 0. The molecular weight excluding hydrogens is 155 g/mol. The van der Waals surface area contributed by atoms with Crippen LogP contribution in [0.25, 0.3) is 10.9 Å². The van der Waals surface area contributed by atoms with Crippen molar-refractivity contribution in [2.24, 2.45) is 0 Å². The van der Waals surface area contributed by atoms with Crippen molar-refractivity contribution in [3.63, 3.8) is 0 Å². The predicted molar refractivity (Wildman–Crippen MR) is 44.2 cm³/mol. The lowest BCUT2D eigenvalue weighted by atomic mass is 10.2. The highest BCUT2D eigenvalue weighted by atomic mass is 19.1. The van der Waals surface area contributed by atoms with Gasteiger partial charge in [0.1, 0.15) is 0 Å². The van der Waals surface area contributed by atoms with Gasteiger partial charge < -0.3 is 0 Å². The van der Waals surface area contributed by atoms with E-state index in [1.54, 1.807) is 0 Å². The highest BCUT2D eigenvalue weighted by molar-refractivity contribution is 5.77. The molecule has 2 rings (SSSR count). The summed E-state index contributed by atoms with van der Waals surface area (Å²) in [4.78, 5) is 7.69. The number of aryl methyl sites for hydroxylation is 1. The van der Waals surface area contributed by atoms with Crippen molar-refractivity contribution in [1.29, 1.82) is 0 Å². The quantitative estimate of drug-likeness (QED) is 0.554. The van der Waals surface area contributed by atoms with E-state index in [0.717, 1.165) is 11.1 Å². The lowest BCUT2D eigenvalue weighted by Crippen LogP contribution is -1.86. The largest absolute Gasteiger partial charge is 0.253 e. The topological polar surface area (TPSA) is 25.8 Å². The monoisotopic (exact) mass is 162 g/mol. The Kier molecular flexibility index (Phi) is 1.50. The first-order valence-electron chi connectivity index (χ1n) is 3.64. The molecule has 2 aromatic heterocycles. The fourth-order valence-electron chi connectivity index (χ4n) is 1.09. The van der Waals surface area contributed by atoms with Crippen LogP contribution in [-0.4, -0.2) is 9.97 Å². The molecule has 0 aliphatic rings. The van der Waals surface area contributed by atoms with Gasteiger partial charge in [0.2, 0.25) is 5.95 Å². The van der Waals surface area contributed by atoms with Gasteiger partial charge in [-0.15, -0.1) is 0 Å². The Hall–Kier alpha value is -1.51. The Morgan fingerprint density at radius 1 is 1.33 bits per heavy atom. The van der Waals surface area contributed by atoms with E-state index in [0.29, 0.717) is 5.52 Å². The first-order chi connectivity index (χ1) is 5.75. The van der Waals surface area contributed by atoms with Crippen molar-refractivity contribution in [2.75, 3.05) is 0 Å². The van der Waals surface area contributed by atoms with Crippen LogP contribution in [0.2, 0.25) is 0 Å². The van der Waals surface area contributed by atoms with Gasteiger partial charge in [0.05, 0.1) is 5.52 Å². The molecule has 0 fully saturated rings. The van der Waals surface area contributed by atoms with E-state index >= 15 is 0 Å². The number of rotatable bonds is 0. The van der Waals surface area contributed by atoms with Gasteiger partial charge in [-0.05, 0) is 19.1 Å². The smallest absolute Gasteiger partial charge is 0.214 e. The number of nitrogens with zero attached hydrogens (tertiary/aromatic N) is 2. The van der Waals surface area contributed by atoms with Gasteiger partial charge in [-0.25, -0.2) is 4.98 Å². The van der Waals surface area contributed by atoms with Crippen LogP contribution in [0.4, 0.5) is 4.39 Å². The zero-order valence-corrected chi connectivity index (χ0v) is 6.58. The van der Waals surface area contributed by atoms with Crippen LogP contribution in [0.3, 0.4) is 0 Å². The molecule has 0 bridgehead atoms. The van der Waals surface area contributed by atoms with E-state index in [1.807, 2.05) is 19.1 Å². The second-order valence-corrected chi connectivity index (χ2v) is 2.65. The molecule has 0 unspecified atom stereocenters. The molecule has 0 saturated heterocycles. The third-order valence-corrected chi connectivity index (χ3v) is 1.68. The minimum absolute atomic E-state index is 0.486. The molecule has 60 valence electrons. The maximum atomic E-state index is 12.6. The first kappa shape index (κ1) is 7.16. The maximum absolute atomic E-state index is 12.6. The van der Waals surface area contributed by atoms with Crippen molar-refractivity contribution in [1.82, 2.24) is 9.97 Å². The number of hydrogen-bond donors (Lipinski definition) is 0. The van der Waals surface area contributed by atoms with Crippen LogP contribution < -0.4 is 0 Å². The molecule has 0 aromatic carbocycles. The van der Waals surface area contributed by atoms with E-state index in [4.69, 9.17) is 0 Å². The molecule has 0 atom stereocenters. The molecule has 0 N–H and O–H groups in total. The van der Waals surface area contributed by atoms with Crippen molar-refractivity contribution >= 4 is 10.9 Å². The molecule has 0 aliphatic heterocycles. The van der Waals surface area contributed by atoms with E-state index < -0.39 is 5.95 Å². The number of fused-ring (bicyclic) bond motifs is 1. The Labute approximate surface area is 69.1 Å². The average Bonchev–Trinajstić information content (AvgIpc) is 2.03. The number of hydrogen-bond acceptors (Lipinski definition) is 2. The molecule has 3 heteroatoms. The van der Waals surface area contributed by atoms with Gasteiger partial charge in [-0.1, -0.05) is 0 Å². The minimum Gasteiger partial charge on any atom is -0.253 e. The van der Waals surface area contributed by atoms with Crippen molar-refractivity contribution in [3.8, 4) is 0 Å². The van der Waals surface area contributed by atoms with E-state index in [9.17, 15) is 4.39 Å². The van der Waals surface area contributed by atoms with Crippen LogP contribution in [-0.2, 0) is 0 Å². The Balaban J connectivity index is 2.80. The summed E-state index contributed by atoms with van der Waals surface area (Å²) in [5.41, 5.74) is 1.54. The summed E-state index contributed by atoms with van der Waals surface area (Å²) in [7, 11) is 0. The molecule has 0 amide bonds. The van der Waals surface area contributed by atoms with E-state index in [2.05, 4.69) is 9.97 Å². The maximum Gasteiger partial charge on any atom is 0.214 e. The Bertz CT molecular complexity index is 389. The van der Waals surface area contributed by atoms with Gasteiger partial charge in [-0.3, -0.25) is 4.98 Å². The van der Waals surface area contributed by atoms with Gasteiger partial charge in [0.25, 0.3) is 0 Å². The van der Waals surface area contributed by atoms with Crippen LogP contribution in [0.15, 0.2) is 24.4 Å².